The molecule has 5 N–H and O–H groups in total. The molecule has 0 atom stereocenters. The third-order valence-corrected chi connectivity index (χ3v) is 2.97. The summed E-state index contributed by atoms with van der Waals surface area (Å²) in [6.45, 7) is 0. The summed E-state index contributed by atoms with van der Waals surface area (Å²) >= 11 is 0. The van der Waals surface area contributed by atoms with Gasteiger partial charge in [-0.2, -0.15) is 8.42 Å². The predicted octanol–water partition coefficient (Wildman–Crippen LogP) is 0.243. The van der Waals surface area contributed by atoms with Crippen molar-refractivity contribution in [3.05, 3.63) is 58.5 Å². The highest BCUT2D eigenvalue weighted by atomic mass is 32.2. The van der Waals surface area contributed by atoms with Crippen molar-refractivity contribution in [3.63, 3.8) is 0 Å². The molecule has 0 fully saturated rings. The van der Waals surface area contributed by atoms with E-state index >= 15 is 0 Å². The number of hydrogen-bond acceptors (Lipinski definition) is 4. The number of nitrogens with one attached hydrogen (secondary N) is 3. The average Bonchev–Trinajstić information content (AvgIpc) is 2.37. The number of hydrogen-bond donors (Lipinski definition) is 4. The van der Waals surface area contributed by atoms with E-state index in [0.717, 1.165) is 0 Å². The third-order valence-electron chi connectivity index (χ3n) is 2.45. The van der Waals surface area contributed by atoms with E-state index in [1.54, 1.807) is 6.07 Å². The minimum absolute atomic E-state index is 0.0534. The van der Waals surface area contributed by atoms with Crippen LogP contribution in [0.4, 0.5) is 11.4 Å². The molecule has 1 aromatic carbocycles. The number of aromatic nitrogens is 1. The van der Waals surface area contributed by atoms with Gasteiger partial charge in [-0.05, 0) is 18.2 Å². The van der Waals surface area contributed by atoms with Crippen LogP contribution in [0.1, 0.15) is 10.4 Å². The van der Waals surface area contributed by atoms with Crippen molar-refractivity contribution in [1.82, 2.24) is 4.98 Å². The number of pyridine rings is 1. The number of carbonyl (C=O) groups excluding carboxylic acids is 1. The van der Waals surface area contributed by atoms with Crippen LogP contribution in [0.5, 0.6) is 0 Å². The Balaban J connectivity index is 2.21. The molecular weight excluding hydrogens is 296 g/mol. The summed E-state index contributed by atoms with van der Waals surface area (Å²) in [5.41, 5.74) is 0.0292. The van der Waals surface area contributed by atoms with Gasteiger partial charge in [-0.15, -0.1) is 0 Å². The summed E-state index contributed by atoms with van der Waals surface area (Å²) < 4.78 is 23.9. The minimum atomic E-state index is -3.90. The Morgan fingerprint density at radius 3 is 2.57 bits per heavy atom. The van der Waals surface area contributed by atoms with Crippen LogP contribution in [0.25, 0.3) is 0 Å². The molecule has 0 aliphatic rings. The van der Waals surface area contributed by atoms with Crippen molar-refractivity contribution >= 4 is 27.5 Å². The molecule has 9 heteroatoms. The Morgan fingerprint density at radius 2 is 1.90 bits per heavy atom. The van der Waals surface area contributed by atoms with Crippen LogP contribution in [0.15, 0.2) is 47.5 Å². The molecule has 2 aromatic rings. The van der Waals surface area contributed by atoms with E-state index in [9.17, 15) is 18.0 Å². The molecular formula is C12H12N4O4S. The standard InChI is InChI=1S/C12H12N4O4S/c13-21(19,20)16-9-3-1-2-8(6-9)15-12(18)10-7-14-5-4-11(10)17/h1-7,16H,(H,14,17)(H,15,18)(H2,13,19,20). The smallest absolute Gasteiger partial charge is 0.296 e. The van der Waals surface area contributed by atoms with Crippen molar-refractivity contribution in [3.8, 4) is 0 Å². The first-order valence-corrected chi connectivity index (χ1v) is 7.29. The molecule has 1 amide bonds. The summed E-state index contributed by atoms with van der Waals surface area (Å²) in [5.74, 6) is -0.607. The van der Waals surface area contributed by atoms with E-state index in [1.165, 1.54) is 36.7 Å². The maximum Gasteiger partial charge on any atom is 0.296 e. The minimum Gasteiger partial charge on any atom is -0.367 e. The van der Waals surface area contributed by atoms with Crippen molar-refractivity contribution in [1.29, 1.82) is 0 Å². The number of aromatic amines is 1. The van der Waals surface area contributed by atoms with Crippen LogP contribution in [-0.2, 0) is 10.2 Å². The molecule has 0 saturated carbocycles. The fourth-order valence-electron chi connectivity index (χ4n) is 1.62. The molecule has 1 aromatic heterocycles. The Labute approximate surface area is 120 Å². The maximum atomic E-state index is 11.9. The van der Waals surface area contributed by atoms with E-state index in [0.29, 0.717) is 5.69 Å². The fourth-order valence-corrected chi connectivity index (χ4v) is 2.07. The molecule has 0 aliphatic heterocycles. The third kappa shape index (κ3) is 4.16. The molecule has 0 saturated heterocycles. The molecule has 8 nitrogen and oxygen atoms in total. The SMILES string of the molecule is NS(=O)(=O)Nc1cccc(NC(=O)c2c[nH]ccc2=O)c1. The van der Waals surface area contributed by atoms with Gasteiger partial charge in [0.2, 0.25) is 0 Å². The molecule has 2 rings (SSSR count). The van der Waals surface area contributed by atoms with E-state index < -0.39 is 21.5 Å². The van der Waals surface area contributed by atoms with E-state index in [4.69, 9.17) is 5.14 Å². The van der Waals surface area contributed by atoms with Gasteiger partial charge >= 0.3 is 0 Å². The number of carbonyl (C=O) groups is 1. The first-order valence-electron chi connectivity index (χ1n) is 5.74. The fraction of sp³-hybridized carbons (Fsp3) is 0. The highest BCUT2D eigenvalue weighted by molar-refractivity contribution is 7.90. The largest absolute Gasteiger partial charge is 0.367 e. The van der Waals surface area contributed by atoms with Crippen LogP contribution >= 0.6 is 0 Å². The molecule has 21 heavy (non-hydrogen) atoms. The van der Waals surface area contributed by atoms with Gasteiger partial charge in [-0.3, -0.25) is 14.3 Å². The lowest BCUT2D eigenvalue weighted by Gasteiger charge is -2.07. The van der Waals surface area contributed by atoms with Crippen molar-refractivity contribution in [2.45, 2.75) is 0 Å². The molecule has 0 aliphatic carbocycles. The van der Waals surface area contributed by atoms with Crippen LogP contribution < -0.4 is 20.6 Å². The number of rotatable bonds is 4. The highest BCUT2D eigenvalue weighted by Crippen LogP contribution is 2.16. The van der Waals surface area contributed by atoms with Crippen molar-refractivity contribution in [2.75, 3.05) is 10.0 Å². The molecule has 1 heterocycles. The second kappa shape index (κ2) is 5.77. The first kappa shape index (κ1) is 14.8. The van der Waals surface area contributed by atoms with Gasteiger partial charge in [0, 0.05) is 24.1 Å². The molecule has 0 spiro atoms. The molecule has 0 unspecified atom stereocenters. The Bertz CT molecular complexity index is 829. The number of benzene rings is 1. The van der Waals surface area contributed by atoms with Gasteiger partial charge in [0.05, 0.1) is 5.69 Å². The van der Waals surface area contributed by atoms with Gasteiger partial charge in [-0.25, -0.2) is 5.14 Å². The van der Waals surface area contributed by atoms with E-state index in [1.807, 2.05) is 0 Å². The quantitative estimate of drug-likeness (QED) is 0.643. The highest BCUT2D eigenvalue weighted by Gasteiger charge is 2.10. The van der Waals surface area contributed by atoms with Crippen LogP contribution in [0.3, 0.4) is 0 Å². The van der Waals surface area contributed by atoms with Crippen LogP contribution in [0.2, 0.25) is 0 Å². The summed E-state index contributed by atoms with van der Waals surface area (Å²) in [6.07, 6.45) is 2.69. The Morgan fingerprint density at radius 1 is 1.19 bits per heavy atom. The second-order valence-electron chi connectivity index (χ2n) is 4.10. The average molecular weight is 308 g/mol. The molecule has 0 bridgehead atoms. The van der Waals surface area contributed by atoms with Gasteiger partial charge in [-0.1, -0.05) is 6.07 Å². The number of H-pyrrole nitrogens is 1. The Hall–Kier alpha value is -2.65. The topological polar surface area (TPSA) is 134 Å². The monoisotopic (exact) mass is 308 g/mol. The first-order chi connectivity index (χ1) is 9.85. The number of nitrogens with two attached hydrogens (primary N) is 1. The van der Waals surface area contributed by atoms with Crippen LogP contribution in [0, 0.1) is 0 Å². The lowest BCUT2D eigenvalue weighted by molar-refractivity contribution is 0.102. The van der Waals surface area contributed by atoms with Gasteiger partial charge in [0.1, 0.15) is 5.56 Å². The predicted molar refractivity (Wildman–Crippen MR) is 78.2 cm³/mol. The number of amides is 1. The van der Waals surface area contributed by atoms with E-state index in [-0.39, 0.29) is 11.3 Å². The zero-order chi connectivity index (χ0) is 15.5. The van der Waals surface area contributed by atoms with Gasteiger partial charge in [0.15, 0.2) is 5.43 Å². The maximum absolute atomic E-state index is 11.9. The lowest BCUT2D eigenvalue weighted by Crippen LogP contribution is -2.22. The second-order valence-corrected chi connectivity index (χ2v) is 5.40. The molecule has 110 valence electrons. The molecule has 0 radical (unpaired) electrons. The summed E-state index contributed by atoms with van der Waals surface area (Å²) in [7, 11) is -3.90. The lowest BCUT2D eigenvalue weighted by atomic mass is 10.2. The number of anilines is 2. The summed E-state index contributed by atoms with van der Waals surface area (Å²) in [4.78, 5) is 26.1. The summed E-state index contributed by atoms with van der Waals surface area (Å²) in [5, 5.41) is 7.35. The van der Waals surface area contributed by atoms with Gasteiger partial charge in [0.25, 0.3) is 16.1 Å². The van der Waals surface area contributed by atoms with Crippen molar-refractivity contribution < 1.29 is 13.2 Å². The summed E-state index contributed by atoms with van der Waals surface area (Å²) in [6, 6.07) is 7.14. The van der Waals surface area contributed by atoms with Crippen LogP contribution in [-0.4, -0.2) is 19.3 Å². The zero-order valence-electron chi connectivity index (χ0n) is 10.7. The van der Waals surface area contributed by atoms with Gasteiger partial charge < -0.3 is 10.3 Å². The zero-order valence-corrected chi connectivity index (χ0v) is 11.5. The Kier molecular flexibility index (Phi) is 4.05. The normalized spacial score (nSPS) is 10.9. The van der Waals surface area contributed by atoms with E-state index in [2.05, 4.69) is 15.0 Å². The van der Waals surface area contributed by atoms with Crippen molar-refractivity contribution in [2.24, 2.45) is 5.14 Å².